The van der Waals surface area contributed by atoms with Crippen LogP contribution in [0.15, 0.2) is 12.1 Å². The number of halogens is 2. The standard InChI is InChI=1S/C28H42F2O2/c1-3-5-6-7-9-23-18-19-25(27(30)26(23)29)32-28(31)24-16-14-22(15-17-24)21-12-10-20(8-4-2)11-13-21/h18-22,24H,3-17H2,1-2H3. The van der Waals surface area contributed by atoms with Gasteiger partial charge in [0.05, 0.1) is 5.92 Å². The first kappa shape index (κ1) is 25.2. The summed E-state index contributed by atoms with van der Waals surface area (Å²) < 4.78 is 34.3. The van der Waals surface area contributed by atoms with E-state index < -0.39 is 17.6 Å². The zero-order chi connectivity index (χ0) is 22.9. The summed E-state index contributed by atoms with van der Waals surface area (Å²) in [6.07, 6.45) is 16.3. The number of carbonyl (C=O) groups excluding carboxylic acids is 1. The zero-order valence-electron chi connectivity index (χ0n) is 20.1. The molecule has 0 unspecified atom stereocenters. The molecule has 0 atom stereocenters. The molecule has 2 fully saturated rings. The molecule has 0 heterocycles. The first-order valence-electron chi connectivity index (χ1n) is 13.2. The lowest BCUT2D eigenvalue weighted by Gasteiger charge is -2.37. The minimum Gasteiger partial charge on any atom is -0.423 e. The molecular formula is C28H42F2O2. The van der Waals surface area contributed by atoms with Crippen molar-refractivity contribution in [1.82, 2.24) is 0 Å². The van der Waals surface area contributed by atoms with Gasteiger partial charge in [0.15, 0.2) is 11.6 Å². The van der Waals surface area contributed by atoms with E-state index in [0.717, 1.165) is 63.2 Å². The summed E-state index contributed by atoms with van der Waals surface area (Å²) in [7, 11) is 0. The monoisotopic (exact) mass is 448 g/mol. The van der Waals surface area contributed by atoms with Gasteiger partial charge in [0, 0.05) is 0 Å². The summed E-state index contributed by atoms with van der Waals surface area (Å²) in [6, 6.07) is 2.99. The van der Waals surface area contributed by atoms with Crippen molar-refractivity contribution in [2.75, 3.05) is 0 Å². The highest BCUT2D eigenvalue weighted by Gasteiger charge is 2.34. The first-order chi connectivity index (χ1) is 15.5. The SMILES string of the molecule is CCCCCCc1ccc(OC(=O)C2CCC(C3CCC(CCC)CC3)CC2)c(F)c1F. The van der Waals surface area contributed by atoms with Crippen LogP contribution in [0, 0.1) is 35.3 Å². The quantitative estimate of drug-likeness (QED) is 0.204. The van der Waals surface area contributed by atoms with Crippen molar-refractivity contribution in [1.29, 1.82) is 0 Å². The normalized spacial score (nSPS) is 26.1. The molecule has 0 aliphatic heterocycles. The average Bonchev–Trinajstić information content (AvgIpc) is 2.82. The van der Waals surface area contributed by atoms with E-state index in [0.29, 0.717) is 17.9 Å². The van der Waals surface area contributed by atoms with Crippen molar-refractivity contribution in [3.05, 3.63) is 29.3 Å². The summed E-state index contributed by atoms with van der Waals surface area (Å²) in [5.41, 5.74) is 0.368. The van der Waals surface area contributed by atoms with E-state index in [2.05, 4.69) is 13.8 Å². The molecule has 0 amide bonds. The molecule has 2 nitrogen and oxygen atoms in total. The summed E-state index contributed by atoms with van der Waals surface area (Å²) >= 11 is 0. The summed E-state index contributed by atoms with van der Waals surface area (Å²) in [5.74, 6) is -0.318. The van der Waals surface area contributed by atoms with E-state index in [1.54, 1.807) is 6.07 Å². The molecule has 0 aromatic heterocycles. The number of ether oxygens (including phenoxy) is 1. The molecule has 2 saturated carbocycles. The van der Waals surface area contributed by atoms with E-state index >= 15 is 0 Å². The van der Waals surface area contributed by atoms with Crippen LogP contribution in [0.1, 0.15) is 109 Å². The van der Waals surface area contributed by atoms with Gasteiger partial charge in [0.25, 0.3) is 0 Å². The lowest BCUT2D eigenvalue weighted by atomic mass is 9.69. The molecule has 2 aliphatic rings. The van der Waals surface area contributed by atoms with Crippen molar-refractivity contribution in [3.8, 4) is 5.75 Å². The zero-order valence-corrected chi connectivity index (χ0v) is 20.1. The van der Waals surface area contributed by atoms with Crippen molar-refractivity contribution in [2.45, 2.75) is 110 Å². The number of hydrogen-bond acceptors (Lipinski definition) is 2. The molecule has 0 spiro atoms. The largest absolute Gasteiger partial charge is 0.423 e. The summed E-state index contributed by atoms with van der Waals surface area (Å²) in [4.78, 5) is 12.6. The molecule has 1 aromatic rings. The third kappa shape index (κ3) is 6.78. The maximum absolute atomic E-state index is 14.5. The highest BCUT2D eigenvalue weighted by molar-refractivity contribution is 5.75. The number of esters is 1. The minimum atomic E-state index is -1.02. The van der Waals surface area contributed by atoms with E-state index in [4.69, 9.17) is 4.74 Å². The molecule has 3 rings (SSSR count). The molecule has 0 N–H and O–H groups in total. The van der Waals surface area contributed by atoms with E-state index in [1.807, 2.05) is 0 Å². The maximum atomic E-state index is 14.5. The molecule has 2 aliphatic carbocycles. The molecule has 4 heteroatoms. The summed E-state index contributed by atoms with van der Waals surface area (Å²) in [5, 5.41) is 0. The topological polar surface area (TPSA) is 26.3 Å². The minimum absolute atomic E-state index is 0.195. The lowest BCUT2D eigenvalue weighted by Crippen LogP contribution is -2.30. The van der Waals surface area contributed by atoms with Gasteiger partial charge in [-0.1, -0.05) is 64.9 Å². The fourth-order valence-corrected chi connectivity index (χ4v) is 5.96. The number of rotatable bonds is 10. The average molecular weight is 449 g/mol. The van der Waals surface area contributed by atoms with Crippen molar-refractivity contribution < 1.29 is 18.3 Å². The fourth-order valence-electron chi connectivity index (χ4n) is 5.96. The van der Waals surface area contributed by atoms with Crippen LogP contribution in [-0.2, 0) is 11.2 Å². The Kier molecular flexibility index (Phi) is 9.99. The smallest absolute Gasteiger partial charge is 0.314 e. The van der Waals surface area contributed by atoms with Crippen LogP contribution < -0.4 is 4.74 Å². The number of carbonyl (C=O) groups is 1. The Hall–Kier alpha value is -1.45. The van der Waals surface area contributed by atoms with E-state index in [1.165, 1.54) is 44.6 Å². The second-order valence-corrected chi connectivity index (χ2v) is 10.3. The third-order valence-electron chi connectivity index (χ3n) is 8.00. The molecule has 0 bridgehead atoms. The summed E-state index contributed by atoms with van der Waals surface area (Å²) in [6.45, 7) is 4.39. The molecular weight excluding hydrogens is 406 g/mol. The Morgan fingerprint density at radius 2 is 1.50 bits per heavy atom. The van der Waals surface area contributed by atoms with Crippen molar-refractivity contribution >= 4 is 5.97 Å². The van der Waals surface area contributed by atoms with Crippen LogP contribution in [0.4, 0.5) is 8.78 Å². The molecule has 0 radical (unpaired) electrons. The second kappa shape index (κ2) is 12.7. The Balaban J connectivity index is 1.46. The Labute approximate surface area is 193 Å². The number of aryl methyl sites for hydroxylation is 1. The van der Waals surface area contributed by atoms with Crippen LogP contribution in [0.5, 0.6) is 5.75 Å². The van der Waals surface area contributed by atoms with Crippen LogP contribution >= 0.6 is 0 Å². The molecule has 1 aromatic carbocycles. The Bertz CT molecular complexity index is 716. The van der Waals surface area contributed by atoms with Crippen molar-refractivity contribution in [2.24, 2.45) is 23.7 Å². The Morgan fingerprint density at radius 3 is 2.12 bits per heavy atom. The van der Waals surface area contributed by atoms with Gasteiger partial charge in [0.1, 0.15) is 0 Å². The second-order valence-electron chi connectivity index (χ2n) is 10.3. The molecule has 32 heavy (non-hydrogen) atoms. The van der Waals surface area contributed by atoms with Gasteiger partial charge in [-0.15, -0.1) is 0 Å². The van der Waals surface area contributed by atoms with Crippen LogP contribution in [0.3, 0.4) is 0 Å². The van der Waals surface area contributed by atoms with Crippen LogP contribution in [-0.4, -0.2) is 5.97 Å². The lowest BCUT2D eigenvalue weighted by molar-refractivity contribution is -0.140. The van der Waals surface area contributed by atoms with Gasteiger partial charge in [-0.2, -0.15) is 4.39 Å². The van der Waals surface area contributed by atoms with Crippen molar-refractivity contribution in [3.63, 3.8) is 0 Å². The first-order valence-corrected chi connectivity index (χ1v) is 13.2. The third-order valence-corrected chi connectivity index (χ3v) is 8.00. The highest BCUT2D eigenvalue weighted by Crippen LogP contribution is 2.42. The van der Waals surface area contributed by atoms with Gasteiger partial charge in [-0.3, -0.25) is 4.79 Å². The van der Waals surface area contributed by atoms with Gasteiger partial charge >= 0.3 is 5.97 Å². The van der Waals surface area contributed by atoms with E-state index in [-0.39, 0.29) is 11.7 Å². The predicted octanol–water partition coefficient (Wildman–Crippen LogP) is 8.41. The van der Waals surface area contributed by atoms with Gasteiger partial charge in [-0.05, 0) is 80.8 Å². The predicted molar refractivity (Wildman–Crippen MR) is 126 cm³/mol. The van der Waals surface area contributed by atoms with Gasteiger partial charge in [-0.25, -0.2) is 4.39 Å². The maximum Gasteiger partial charge on any atom is 0.314 e. The number of benzene rings is 1. The number of hydrogen-bond donors (Lipinski definition) is 0. The highest BCUT2D eigenvalue weighted by atomic mass is 19.2. The number of unbranched alkanes of at least 4 members (excludes halogenated alkanes) is 3. The molecule has 0 saturated heterocycles. The Morgan fingerprint density at radius 1 is 0.844 bits per heavy atom. The van der Waals surface area contributed by atoms with Gasteiger partial charge < -0.3 is 4.74 Å². The van der Waals surface area contributed by atoms with Gasteiger partial charge in [0.2, 0.25) is 5.82 Å². The van der Waals surface area contributed by atoms with Crippen LogP contribution in [0.25, 0.3) is 0 Å². The fraction of sp³-hybridized carbons (Fsp3) is 0.750. The molecule has 180 valence electrons. The van der Waals surface area contributed by atoms with Crippen LogP contribution in [0.2, 0.25) is 0 Å². The van der Waals surface area contributed by atoms with E-state index in [9.17, 15) is 13.6 Å².